The molecule has 2 aliphatic heterocycles. The van der Waals surface area contributed by atoms with E-state index in [1.54, 1.807) is 12.1 Å². The largest absolute Gasteiger partial charge is 0.382 e. The summed E-state index contributed by atoms with van der Waals surface area (Å²) in [5, 5.41) is 15.8. The molecule has 6 nitrogen and oxygen atoms in total. The third-order valence-corrected chi connectivity index (χ3v) is 7.78. The lowest BCUT2D eigenvalue weighted by atomic mass is 9.92. The Bertz CT molecular complexity index is 1380. The average molecular weight is 520 g/mol. The summed E-state index contributed by atoms with van der Waals surface area (Å²) in [6.07, 6.45) is 2.84. The number of hydrogen-bond acceptors (Lipinski definition) is 5. The highest BCUT2D eigenvalue weighted by atomic mass is 19.1. The zero-order chi connectivity index (χ0) is 26.3. The van der Waals surface area contributed by atoms with Crippen molar-refractivity contribution in [2.24, 2.45) is 11.8 Å². The summed E-state index contributed by atoms with van der Waals surface area (Å²) in [7, 11) is 0. The minimum atomic E-state index is -1.60. The van der Waals surface area contributed by atoms with Gasteiger partial charge < -0.3 is 10.0 Å². The molecule has 3 heterocycles. The summed E-state index contributed by atoms with van der Waals surface area (Å²) in [4.78, 5) is 8.48. The van der Waals surface area contributed by atoms with E-state index in [0.29, 0.717) is 11.8 Å². The lowest BCUT2D eigenvalue weighted by Gasteiger charge is -2.34. The van der Waals surface area contributed by atoms with Crippen molar-refractivity contribution in [2.45, 2.75) is 12.1 Å². The average Bonchev–Trinajstić information content (AvgIpc) is 3.62. The summed E-state index contributed by atoms with van der Waals surface area (Å²) in [5.41, 5.74) is 1.61. The highest BCUT2D eigenvalue weighted by Crippen LogP contribution is 2.37. The van der Waals surface area contributed by atoms with Crippen LogP contribution in [0.25, 0.3) is 11.1 Å². The molecule has 2 aliphatic rings. The van der Waals surface area contributed by atoms with Gasteiger partial charge in [0, 0.05) is 50.0 Å². The topological polar surface area (TPSA) is 57.4 Å². The SMILES string of the molecule is OC(CN1CC2CN(c3ccc(-c4ccc(F)cc4)cc3)CC2C1)(Cn1cncn1)c1ccc(F)cc1F. The molecule has 0 bridgehead atoms. The molecule has 0 amide bonds. The van der Waals surface area contributed by atoms with Crippen LogP contribution in [0.4, 0.5) is 18.9 Å². The Morgan fingerprint density at radius 2 is 1.42 bits per heavy atom. The second kappa shape index (κ2) is 9.89. The van der Waals surface area contributed by atoms with Gasteiger partial charge in [0.05, 0.1) is 6.54 Å². The van der Waals surface area contributed by atoms with Crippen molar-refractivity contribution in [1.29, 1.82) is 0 Å². The molecule has 2 saturated heterocycles. The fourth-order valence-electron chi connectivity index (χ4n) is 5.98. The van der Waals surface area contributed by atoms with Crippen LogP contribution in [0.2, 0.25) is 0 Å². The molecule has 2 fully saturated rings. The Morgan fingerprint density at radius 1 is 0.789 bits per heavy atom. The summed E-state index contributed by atoms with van der Waals surface area (Å²) in [6, 6.07) is 18.1. The van der Waals surface area contributed by atoms with Crippen LogP contribution in [0.3, 0.4) is 0 Å². The number of β-amino-alcohol motifs (C(OH)–C–C–N with tert-alkyl or cyclic N) is 1. The van der Waals surface area contributed by atoms with E-state index in [0.717, 1.165) is 49.1 Å². The van der Waals surface area contributed by atoms with Gasteiger partial charge in [-0.3, -0.25) is 4.90 Å². The van der Waals surface area contributed by atoms with Gasteiger partial charge in [-0.25, -0.2) is 22.8 Å². The highest BCUT2D eigenvalue weighted by Gasteiger charge is 2.44. The first-order valence-electron chi connectivity index (χ1n) is 12.7. The van der Waals surface area contributed by atoms with Crippen LogP contribution in [0.5, 0.6) is 0 Å². The van der Waals surface area contributed by atoms with E-state index in [1.165, 1.54) is 41.6 Å². The Hall–Kier alpha value is -3.69. The van der Waals surface area contributed by atoms with Crippen LogP contribution in [-0.4, -0.2) is 57.5 Å². The van der Waals surface area contributed by atoms with Gasteiger partial charge in [0.1, 0.15) is 35.7 Å². The number of fused-ring (bicyclic) bond motifs is 1. The van der Waals surface area contributed by atoms with Crippen molar-refractivity contribution in [3.63, 3.8) is 0 Å². The number of hydrogen-bond donors (Lipinski definition) is 1. The molecule has 9 heteroatoms. The standard InChI is InChI=1S/C29H28F3N5O/c30-24-5-1-20(2-6-24)21-3-8-26(9-4-21)36-14-22-12-35(13-23(22)15-36)16-29(38,17-37-19-33-18-34-37)27-10-7-25(31)11-28(27)32/h1-11,18-19,22-23,38H,12-17H2. The predicted octanol–water partition coefficient (Wildman–Crippen LogP) is 4.32. The minimum Gasteiger partial charge on any atom is -0.382 e. The summed E-state index contributed by atoms with van der Waals surface area (Å²) in [5.74, 6) is -0.873. The van der Waals surface area contributed by atoms with E-state index in [2.05, 4.69) is 44.1 Å². The Labute approximate surface area is 219 Å². The first-order chi connectivity index (χ1) is 18.4. The van der Waals surface area contributed by atoms with E-state index in [-0.39, 0.29) is 24.5 Å². The Kier molecular flexibility index (Phi) is 6.41. The molecule has 6 rings (SSSR count). The Morgan fingerprint density at radius 3 is 2.03 bits per heavy atom. The number of likely N-dealkylation sites (tertiary alicyclic amines) is 1. The summed E-state index contributed by atoms with van der Waals surface area (Å²) < 4.78 is 43.1. The number of halogens is 3. The smallest absolute Gasteiger partial charge is 0.137 e. The lowest BCUT2D eigenvalue weighted by Crippen LogP contribution is -2.45. The highest BCUT2D eigenvalue weighted by molar-refractivity contribution is 5.66. The van der Waals surface area contributed by atoms with Crippen molar-refractivity contribution in [1.82, 2.24) is 19.7 Å². The second-order valence-electron chi connectivity index (χ2n) is 10.4. The van der Waals surface area contributed by atoms with Gasteiger partial charge in [-0.15, -0.1) is 0 Å². The number of anilines is 1. The van der Waals surface area contributed by atoms with E-state index in [4.69, 9.17) is 0 Å². The molecule has 38 heavy (non-hydrogen) atoms. The molecule has 0 radical (unpaired) electrons. The second-order valence-corrected chi connectivity index (χ2v) is 10.4. The predicted molar refractivity (Wildman–Crippen MR) is 138 cm³/mol. The van der Waals surface area contributed by atoms with Gasteiger partial charge in [-0.2, -0.15) is 5.10 Å². The maximum absolute atomic E-state index is 14.8. The minimum absolute atomic E-state index is 0.00785. The number of rotatable bonds is 7. The molecule has 1 aromatic heterocycles. The molecule has 196 valence electrons. The summed E-state index contributed by atoms with van der Waals surface area (Å²) in [6.45, 7) is 3.55. The molecule has 0 spiro atoms. The quantitative estimate of drug-likeness (QED) is 0.394. The zero-order valence-corrected chi connectivity index (χ0v) is 20.7. The van der Waals surface area contributed by atoms with E-state index >= 15 is 0 Å². The normalized spacial score (nSPS) is 21.0. The third-order valence-electron chi connectivity index (χ3n) is 7.78. The fraction of sp³-hybridized carbons (Fsp3) is 0.310. The van der Waals surface area contributed by atoms with Gasteiger partial charge in [0.2, 0.25) is 0 Å². The van der Waals surface area contributed by atoms with Crippen molar-refractivity contribution in [3.8, 4) is 11.1 Å². The first-order valence-corrected chi connectivity index (χ1v) is 12.7. The molecular weight excluding hydrogens is 491 g/mol. The van der Waals surface area contributed by atoms with Crippen molar-refractivity contribution in [3.05, 3.63) is 102 Å². The van der Waals surface area contributed by atoms with Crippen LogP contribution >= 0.6 is 0 Å². The lowest BCUT2D eigenvalue weighted by molar-refractivity contribution is -0.0178. The van der Waals surface area contributed by atoms with Gasteiger partial charge in [0.25, 0.3) is 0 Å². The Balaban J connectivity index is 1.13. The van der Waals surface area contributed by atoms with Crippen molar-refractivity contribution in [2.75, 3.05) is 37.6 Å². The molecule has 3 atom stereocenters. The molecule has 4 aromatic rings. The van der Waals surface area contributed by atoms with Crippen molar-refractivity contribution >= 4 is 5.69 Å². The summed E-state index contributed by atoms with van der Waals surface area (Å²) >= 11 is 0. The van der Waals surface area contributed by atoms with Gasteiger partial charge in [0.15, 0.2) is 0 Å². The van der Waals surface area contributed by atoms with E-state index in [1.807, 2.05) is 0 Å². The molecular formula is C29H28F3N5O. The van der Waals surface area contributed by atoms with E-state index in [9.17, 15) is 18.3 Å². The molecule has 0 aliphatic carbocycles. The van der Waals surface area contributed by atoms with Crippen LogP contribution in [0.15, 0.2) is 79.4 Å². The molecule has 3 unspecified atom stereocenters. The third kappa shape index (κ3) is 4.91. The van der Waals surface area contributed by atoms with Gasteiger partial charge >= 0.3 is 0 Å². The molecule has 1 N–H and O–H groups in total. The van der Waals surface area contributed by atoms with Crippen molar-refractivity contribution < 1.29 is 18.3 Å². The maximum Gasteiger partial charge on any atom is 0.137 e. The van der Waals surface area contributed by atoms with Gasteiger partial charge in [-0.1, -0.05) is 30.3 Å². The van der Waals surface area contributed by atoms with Gasteiger partial charge in [-0.05, 0) is 53.3 Å². The number of benzene rings is 3. The number of aliphatic hydroxyl groups is 1. The number of aromatic nitrogens is 3. The monoisotopic (exact) mass is 519 g/mol. The van der Waals surface area contributed by atoms with Crippen LogP contribution < -0.4 is 4.90 Å². The molecule has 0 saturated carbocycles. The fourth-order valence-corrected chi connectivity index (χ4v) is 5.98. The molecule has 3 aromatic carbocycles. The van der Waals surface area contributed by atoms with Crippen LogP contribution in [-0.2, 0) is 12.1 Å². The number of nitrogens with zero attached hydrogens (tertiary/aromatic N) is 5. The zero-order valence-electron chi connectivity index (χ0n) is 20.7. The van der Waals surface area contributed by atoms with E-state index < -0.39 is 17.2 Å². The first kappa shape index (κ1) is 24.6. The van der Waals surface area contributed by atoms with Crippen LogP contribution in [0.1, 0.15) is 5.56 Å². The van der Waals surface area contributed by atoms with Crippen LogP contribution in [0, 0.1) is 29.3 Å². The maximum atomic E-state index is 14.8.